The number of rotatable bonds is 2. The maximum atomic E-state index is 8.90. The first-order chi connectivity index (χ1) is 7.35. The lowest BCUT2D eigenvalue weighted by atomic mass is 10.1. The summed E-state index contributed by atoms with van der Waals surface area (Å²) in [6, 6.07) is 12.7. The van der Waals surface area contributed by atoms with Crippen LogP contribution in [-0.4, -0.2) is 5.11 Å². The Hall–Kier alpha value is -2.05. The molecule has 0 unspecified atom stereocenters. The van der Waals surface area contributed by atoms with Crippen LogP contribution < -0.4 is 0 Å². The molecule has 0 aliphatic rings. The van der Waals surface area contributed by atoms with Gasteiger partial charge in [-0.1, -0.05) is 12.1 Å². The summed E-state index contributed by atoms with van der Waals surface area (Å²) >= 11 is 0. The number of hydrogen-bond donors (Lipinski definition) is 1. The van der Waals surface area contributed by atoms with Gasteiger partial charge in [-0.25, -0.2) is 0 Å². The van der Waals surface area contributed by atoms with E-state index in [1.807, 2.05) is 12.1 Å². The molecule has 2 rings (SSSR count). The summed E-state index contributed by atoms with van der Waals surface area (Å²) < 4.78 is 5.36. The second kappa shape index (κ2) is 3.99. The van der Waals surface area contributed by atoms with Crippen LogP contribution in [0.1, 0.15) is 11.3 Å². The molecule has 0 radical (unpaired) electrons. The van der Waals surface area contributed by atoms with E-state index in [0.29, 0.717) is 17.1 Å². The Morgan fingerprint density at radius 1 is 1.20 bits per heavy atom. The fourth-order valence-electron chi connectivity index (χ4n) is 1.40. The van der Waals surface area contributed by atoms with Crippen molar-refractivity contribution in [3.8, 4) is 17.4 Å². The van der Waals surface area contributed by atoms with E-state index >= 15 is 0 Å². The smallest absolute Gasteiger partial charge is 0.135 e. The molecule has 1 heterocycles. The highest BCUT2D eigenvalue weighted by Crippen LogP contribution is 2.25. The van der Waals surface area contributed by atoms with Crippen LogP contribution in [0.2, 0.25) is 0 Å². The van der Waals surface area contributed by atoms with Crippen molar-refractivity contribution in [2.75, 3.05) is 0 Å². The lowest BCUT2D eigenvalue weighted by Gasteiger charge is -1.98. The van der Waals surface area contributed by atoms with Crippen LogP contribution in [0.4, 0.5) is 0 Å². The molecule has 1 aromatic carbocycles. The van der Waals surface area contributed by atoms with Crippen molar-refractivity contribution in [1.82, 2.24) is 0 Å². The largest absolute Gasteiger partial charge is 0.459 e. The Kier molecular flexibility index (Phi) is 2.53. The first-order valence-electron chi connectivity index (χ1n) is 4.54. The molecule has 0 aliphatic heterocycles. The Balaban J connectivity index is 2.49. The molecule has 3 nitrogen and oxygen atoms in total. The summed E-state index contributed by atoms with van der Waals surface area (Å²) in [7, 11) is 0. The van der Waals surface area contributed by atoms with Crippen molar-refractivity contribution < 1.29 is 9.52 Å². The van der Waals surface area contributed by atoms with E-state index < -0.39 is 0 Å². The minimum atomic E-state index is -0.130. The van der Waals surface area contributed by atoms with E-state index in [-0.39, 0.29) is 6.61 Å². The van der Waals surface area contributed by atoms with Gasteiger partial charge in [-0.05, 0) is 24.3 Å². The van der Waals surface area contributed by atoms with Crippen LogP contribution in [0.5, 0.6) is 0 Å². The van der Waals surface area contributed by atoms with Gasteiger partial charge < -0.3 is 9.52 Å². The highest BCUT2D eigenvalue weighted by molar-refractivity contribution is 5.65. The molecule has 2 aromatic rings. The number of furan rings is 1. The monoisotopic (exact) mass is 199 g/mol. The molecule has 74 valence electrons. The molecule has 3 heteroatoms. The van der Waals surface area contributed by atoms with Gasteiger partial charge in [-0.3, -0.25) is 0 Å². The van der Waals surface area contributed by atoms with Gasteiger partial charge in [-0.2, -0.15) is 5.26 Å². The minimum absolute atomic E-state index is 0.130. The molecule has 0 fully saturated rings. The zero-order valence-corrected chi connectivity index (χ0v) is 7.97. The molecule has 0 amide bonds. The van der Waals surface area contributed by atoms with Gasteiger partial charge in [0.05, 0.1) is 11.6 Å². The first kappa shape index (κ1) is 9.50. The van der Waals surface area contributed by atoms with E-state index in [1.54, 1.807) is 24.3 Å². The molecule has 1 N–H and O–H groups in total. The third kappa shape index (κ3) is 1.76. The summed E-state index contributed by atoms with van der Waals surface area (Å²) in [6.07, 6.45) is 0. The fraction of sp³-hybridized carbons (Fsp3) is 0.0833. The summed E-state index contributed by atoms with van der Waals surface area (Å²) in [5.74, 6) is 1.11. The van der Waals surface area contributed by atoms with Crippen LogP contribution in [0.15, 0.2) is 40.8 Å². The molecule has 15 heavy (non-hydrogen) atoms. The van der Waals surface area contributed by atoms with Gasteiger partial charge in [0.1, 0.15) is 18.1 Å². The molecule has 1 aromatic heterocycles. The minimum Gasteiger partial charge on any atom is -0.459 e. The van der Waals surface area contributed by atoms with E-state index in [2.05, 4.69) is 6.07 Å². The zero-order chi connectivity index (χ0) is 10.7. The van der Waals surface area contributed by atoms with Crippen LogP contribution in [0, 0.1) is 11.3 Å². The molecular weight excluding hydrogens is 190 g/mol. The Morgan fingerprint density at radius 3 is 2.67 bits per heavy atom. The predicted molar refractivity (Wildman–Crippen MR) is 54.8 cm³/mol. The Morgan fingerprint density at radius 2 is 2.00 bits per heavy atom. The summed E-state index contributed by atoms with van der Waals surface area (Å²) in [5, 5.41) is 17.8. The van der Waals surface area contributed by atoms with E-state index in [1.165, 1.54) is 0 Å². The van der Waals surface area contributed by atoms with E-state index in [9.17, 15) is 0 Å². The molecule has 0 bridgehead atoms. The highest BCUT2D eigenvalue weighted by atomic mass is 16.4. The Labute approximate surface area is 87.2 Å². The van der Waals surface area contributed by atoms with Crippen molar-refractivity contribution in [2.24, 2.45) is 0 Å². The van der Waals surface area contributed by atoms with Crippen molar-refractivity contribution >= 4 is 0 Å². The normalized spacial score (nSPS) is 9.87. The maximum absolute atomic E-state index is 8.90. The maximum Gasteiger partial charge on any atom is 0.135 e. The quantitative estimate of drug-likeness (QED) is 0.807. The highest BCUT2D eigenvalue weighted by Gasteiger charge is 2.07. The number of aliphatic hydroxyl groups excluding tert-OH is 1. The average molecular weight is 199 g/mol. The van der Waals surface area contributed by atoms with Crippen LogP contribution >= 0.6 is 0 Å². The molecule has 0 saturated heterocycles. The van der Waals surface area contributed by atoms with Gasteiger partial charge in [0.15, 0.2) is 0 Å². The number of aliphatic hydroxyl groups is 1. The van der Waals surface area contributed by atoms with Gasteiger partial charge in [0.2, 0.25) is 0 Å². The van der Waals surface area contributed by atoms with Gasteiger partial charge in [-0.15, -0.1) is 0 Å². The van der Waals surface area contributed by atoms with Crippen molar-refractivity contribution in [2.45, 2.75) is 6.61 Å². The Bertz CT molecular complexity index is 508. The van der Waals surface area contributed by atoms with E-state index in [0.717, 1.165) is 5.56 Å². The van der Waals surface area contributed by atoms with Gasteiger partial charge in [0, 0.05) is 5.56 Å². The van der Waals surface area contributed by atoms with Crippen molar-refractivity contribution in [3.05, 3.63) is 47.7 Å². The molecule has 0 aliphatic carbocycles. The predicted octanol–water partition coefficient (Wildman–Crippen LogP) is 2.31. The zero-order valence-electron chi connectivity index (χ0n) is 7.97. The molecule has 0 saturated carbocycles. The fourth-order valence-corrected chi connectivity index (χ4v) is 1.40. The summed E-state index contributed by atoms with van der Waals surface area (Å²) in [6.45, 7) is -0.130. The summed E-state index contributed by atoms with van der Waals surface area (Å²) in [4.78, 5) is 0. The number of benzene rings is 1. The van der Waals surface area contributed by atoms with Crippen molar-refractivity contribution in [1.29, 1.82) is 5.26 Å². The number of nitrogens with zero attached hydrogens (tertiary/aromatic N) is 1. The van der Waals surface area contributed by atoms with Gasteiger partial charge in [0.25, 0.3) is 0 Å². The lowest BCUT2D eigenvalue weighted by Crippen LogP contribution is -1.81. The third-order valence-corrected chi connectivity index (χ3v) is 2.13. The number of nitriles is 1. The second-order valence-corrected chi connectivity index (χ2v) is 3.08. The molecule has 0 atom stereocenters. The number of hydrogen-bond acceptors (Lipinski definition) is 3. The topological polar surface area (TPSA) is 57.2 Å². The third-order valence-electron chi connectivity index (χ3n) is 2.13. The van der Waals surface area contributed by atoms with E-state index in [4.69, 9.17) is 14.8 Å². The summed E-state index contributed by atoms with van der Waals surface area (Å²) in [5.41, 5.74) is 1.32. The first-order valence-corrected chi connectivity index (χ1v) is 4.54. The molecule has 0 spiro atoms. The average Bonchev–Trinajstić information content (AvgIpc) is 2.77. The standard InChI is InChI=1S/C12H9NO2/c13-7-9-3-1-2-4-11(9)12-6-5-10(8-14)15-12/h1-6,14H,8H2. The van der Waals surface area contributed by atoms with Crippen molar-refractivity contribution in [3.63, 3.8) is 0 Å². The second-order valence-electron chi connectivity index (χ2n) is 3.08. The SMILES string of the molecule is N#Cc1ccccc1-c1ccc(CO)o1. The lowest BCUT2D eigenvalue weighted by molar-refractivity contribution is 0.248. The van der Waals surface area contributed by atoms with Crippen LogP contribution in [0.25, 0.3) is 11.3 Å². The van der Waals surface area contributed by atoms with Crippen LogP contribution in [-0.2, 0) is 6.61 Å². The molecular formula is C12H9NO2. The van der Waals surface area contributed by atoms with Gasteiger partial charge >= 0.3 is 0 Å². The van der Waals surface area contributed by atoms with Crippen LogP contribution in [0.3, 0.4) is 0 Å².